The summed E-state index contributed by atoms with van der Waals surface area (Å²) in [5, 5.41) is 49.7. The maximum absolute atomic E-state index is 13.3. The van der Waals surface area contributed by atoms with Gasteiger partial charge in [0.05, 0.1) is 31.5 Å². The molecular formula is C26H38O12. The van der Waals surface area contributed by atoms with Crippen molar-refractivity contribution in [3.05, 3.63) is 23.5 Å². The number of ether oxygens (including phenoxy) is 5. The molecule has 2 saturated heterocycles. The molecule has 3 aliphatic heterocycles. The highest BCUT2D eigenvalue weighted by Crippen LogP contribution is 2.45. The summed E-state index contributed by atoms with van der Waals surface area (Å²) in [5.41, 5.74) is 0.477. The minimum atomic E-state index is -1.66. The van der Waals surface area contributed by atoms with Crippen LogP contribution < -0.4 is 0 Å². The Balaban J connectivity index is 1.57. The van der Waals surface area contributed by atoms with E-state index in [2.05, 4.69) is 0 Å². The summed E-state index contributed by atoms with van der Waals surface area (Å²) in [4.78, 5) is 26.3. The van der Waals surface area contributed by atoms with Crippen LogP contribution in [0.15, 0.2) is 23.5 Å². The monoisotopic (exact) mass is 542 g/mol. The lowest BCUT2D eigenvalue weighted by molar-refractivity contribution is -0.327. The lowest BCUT2D eigenvalue weighted by Crippen LogP contribution is -2.60. The molecule has 12 atom stereocenters. The lowest BCUT2D eigenvalue weighted by Gasteiger charge is -2.42. The summed E-state index contributed by atoms with van der Waals surface area (Å²) in [6, 6.07) is 0. The van der Waals surface area contributed by atoms with Crippen molar-refractivity contribution >= 4 is 11.9 Å². The van der Waals surface area contributed by atoms with E-state index in [9.17, 15) is 35.1 Å². The van der Waals surface area contributed by atoms with Gasteiger partial charge in [-0.1, -0.05) is 19.9 Å². The van der Waals surface area contributed by atoms with Crippen LogP contribution in [0.1, 0.15) is 33.6 Å². The molecule has 1 saturated carbocycles. The number of esters is 2. The normalized spacial score (nSPS) is 43.7. The predicted octanol–water partition coefficient (Wildman–Crippen LogP) is -0.635. The Morgan fingerprint density at radius 2 is 1.89 bits per heavy atom. The van der Waals surface area contributed by atoms with E-state index in [0.29, 0.717) is 12.0 Å². The molecular weight excluding hydrogens is 504 g/mol. The van der Waals surface area contributed by atoms with Crippen LogP contribution in [0.3, 0.4) is 0 Å². The average Bonchev–Trinajstić information content (AvgIpc) is 3.20. The summed E-state index contributed by atoms with van der Waals surface area (Å²) in [6.45, 7) is 5.02. The van der Waals surface area contributed by atoms with E-state index in [1.165, 1.54) is 0 Å². The Bertz CT molecular complexity index is 931. The predicted molar refractivity (Wildman–Crippen MR) is 128 cm³/mol. The average molecular weight is 543 g/mol. The van der Waals surface area contributed by atoms with Gasteiger partial charge < -0.3 is 49.2 Å². The van der Waals surface area contributed by atoms with E-state index in [4.69, 9.17) is 23.7 Å². The third-order valence-electron chi connectivity index (χ3n) is 8.44. The van der Waals surface area contributed by atoms with Crippen molar-refractivity contribution in [1.29, 1.82) is 0 Å². The van der Waals surface area contributed by atoms with Gasteiger partial charge in [0.1, 0.15) is 30.5 Å². The van der Waals surface area contributed by atoms with Gasteiger partial charge in [-0.3, -0.25) is 4.79 Å². The Morgan fingerprint density at radius 1 is 1.16 bits per heavy atom. The topological polar surface area (TPSA) is 181 Å². The van der Waals surface area contributed by atoms with E-state index in [0.717, 1.165) is 6.26 Å². The fourth-order valence-corrected chi connectivity index (χ4v) is 5.97. The van der Waals surface area contributed by atoms with Crippen LogP contribution in [0.2, 0.25) is 0 Å². The van der Waals surface area contributed by atoms with E-state index >= 15 is 0 Å². The van der Waals surface area contributed by atoms with Crippen LogP contribution in [-0.4, -0.2) is 100 Å². The van der Waals surface area contributed by atoms with Crippen molar-refractivity contribution in [3.63, 3.8) is 0 Å². The molecule has 4 rings (SSSR count). The molecule has 0 aromatic rings. The SMILES string of the molecule is C/C=C1\C(O[C@@H]2O[C@H](CO)[C@@H](O)[C@H](O)[C@H]2O)OC=C2C(=O)OC3CC(C(C)CO)C(COC(=O)CC21)C3C. The molecule has 214 valence electrons. The molecule has 7 unspecified atom stereocenters. The molecule has 12 nitrogen and oxygen atoms in total. The Morgan fingerprint density at radius 3 is 2.55 bits per heavy atom. The molecule has 4 aliphatic rings. The highest BCUT2D eigenvalue weighted by atomic mass is 16.8. The quantitative estimate of drug-likeness (QED) is 0.219. The zero-order chi connectivity index (χ0) is 27.7. The number of cyclic esters (lactones) is 1. The molecule has 1 aliphatic carbocycles. The zero-order valence-corrected chi connectivity index (χ0v) is 21.7. The second-order valence-corrected chi connectivity index (χ2v) is 10.6. The van der Waals surface area contributed by atoms with Gasteiger partial charge in [-0.2, -0.15) is 0 Å². The fraction of sp³-hybridized carbons (Fsp3) is 0.769. The van der Waals surface area contributed by atoms with Gasteiger partial charge in [-0.25, -0.2) is 4.79 Å². The Labute approximate surface area is 220 Å². The summed E-state index contributed by atoms with van der Waals surface area (Å²) < 4.78 is 28.4. The van der Waals surface area contributed by atoms with E-state index in [1.807, 2.05) is 13.8 Å². The maximum Gasteiger partial charge on any atom is 0.338 e. The van der Waals surface area contributed by atoms with Crippen LogP contribution >= 0.6 is 0 Å². The third kappa shape index (κ3) is 5.48. The second kappa shape index (κ2) is 12.0. The molecule has 0 radical (unpaired) electrons. The largest absolute Gasteiger partial charge is 0.468 e. The van der Waals surface area contributed by atoms with Gasteiger partial charge in [-0.05, 0) is 31.1 Å². The molecule has 2 bridgehead atoms. The van der Waals surface area contributed by atoms with E-state index in [1.54, 1.807) is 13.0 Å². The van der Waals surface area contributed by atoms with Crippen molar-refractivity contribution in [1.82, 2.24) is 0 Å². The van der Waals surface area contributed by atoms with Crippen molar-refractivity contribution in [2.24, 2.45) is 29.6 Å². The van der Waals surface area contributed by atoms with Gasteiger partial charge in [0.2, 0.25) is 6.29 Å². The van der Waals surface area contributed by atoms with Crippen LogP contribution in [0.25, 0.3) is 0 Å². The van der Waals surface area contributed by atoms with Gasteiger partial charge >= 0.3 is 11.9 Å². The Kier molecular flexibility index (Phi) is 9.13. The molecule has 0 aromatic heterocycles. The second-order valence-electron chi connectivity index (χ2n) is 10.6. The smallest absolute Gasteiger partial charge is 0.338 e. The molecule has 38 heavy (non-hydrogen) atoms. The van der Waals surface area contributed by atoms with Crippen molar-refractivity contribution in [2.75, 3.05) is 19.8 Å². The summed E-state index contributed by atoms with van der Waals surface area (Å²) in [7, 11) is 0. The molecule has 3 heterocycles. The van der Waals surface area contributed by atoms with Crippen molar-refractivity contribution < 1.29 is 58.8 Å². The first-order valence-electron chi connectivity index (χ1n) is 13.1. The minimum Gasteiger partial charge on any atom is -0.468 e. The number of carbonyl (C=O) groups excluding carboxylic acids is 2. The standard InChI is InChI=1S/C26H38O12/c1-4-13-15-6-20(29)34-9-16-12(3)18(5-14(16)11(2)7-27)36-24(33)17(15)10-35-25(13)38-26-23(32)22(31)21(30)19(8-28)37-26/h4,10-12,14-16,18-19,21-23,25-28,30-32H,5-9H2,1-3H3/b13-4-/t11?,12?,14?,15?,16?,18?,19-,21-,22+,23-,25?,26+/m1/s1. The minimum absolute atomic E-state index is 0.0230. The number of allylic oxidation sites excluding steroid dienone is 1. The molecule has 3 fully saturated rings. The summed E-state index contributed by atoms with van der Waals surface area (Å²) >= 11 is 0. The molecule has 12 heteroatoms. The lowest BCUT2D eigenvalue weighted by atomic mass is 9.83. The maximum atomic E-state index is 13.3. The number of hydrogen-bond donors (Lipinski definition) is 5. The molecule has 0 spiro atoms. The van der Waals surface area contributed by atoms with Crippen LogP contribution in [0, 0.1) is 29.6 Å². The van der Waals surface area contributed by atoms with Crippen LogP contribution in [0.4, 0.5) is 0 Å². The number of hydrogen-bond acceptors (Lipinski definition) is 12. The summed E-state index contributed by atoms with van der Waals surface area (Å²) in [6.07, 6.45) is -6.07. The van der Waals surface area contributed by atoms with E-state index in [-0.39, 0.29) is 48.9 Å². The first-order chi connectivity index (χ1) is 18.1. The number of aliphatic hydroxyl groups excluding tert-OH is 5. The fourth-order valence-electron chi connectivity index (χ4n) is 5.97. The van der Waals surface area contributed by atoms with Gasteiger partial charge in [0, 0.05) is 24.0 Å². The van der Waals surface area contributed by atoms with Crippen molar-refractivity contribution in [2.45, 2.75) is 76.7 Å². The van der Waals surface area contributed by atoms with E-state index < -0.39 is 67.6 Å². The third-order valence-corrected chi connectivity index (χ3v) is 8.44. The molecule has 5 N–H and O–H groups in total. The zero-order valence-electron chi connectivity index (χ0n) is 21.7. The molecule has 0 aromatic carbocycles. The first-order valence-corrected chi connectivity index (χ1v) is 13.1. The van der Waals surface area contributed by atoms with Gasteiger partial charge in [-0.15, -0.1) is 0 Å². The number of carbonyl (C=O) groups is 2. The molecule has 0 amide bonds. The number of rotatable bonds is 5. The van der Waals surface area contributed by atoms with Gasteiger partial charge in [0.15, 0.2) is 6.29 Å². The number of aliphatic hydroxyl groups is 5. The number of fused-ring (bicyclic) bond motifs is 3. The van der Waals surface area contributed by atoms with Crippen LogP contribution in [-0.2, 0) is 33.3 Å². The Hall–Kier alpha value is -2.06. The summed E-state index contributed by atoms with van der Waals surface area (Å²) in [5.74, 6) is -2.17. The highest BCUT2D eigenvalue weighted by molar-refractivity contribution is 5.91. The van der Waals surface area contributed by atoms with Crippen molar-refractivity contribution in [3.8, 4) is 0 Å². The van der Waals surface area contributed by atoms with Crippen LogP contribution in [0.5, 0.6) is 0 Å². The highest BCUT2D eigenvalue weighted by Gasteiger charge is 2.49. The van der Waals surface area contributed by atoms with Gasteiger partial charge in [0.25, 0.3) is 0 Å². The first kappa shape index (κ1) is 28.9.